The van der Waals surface area contributed by atoms with E-state index in [0.717, 1.165) is 23.1 Å². The molecule has 0 atom stereocenters. The van der Waals surface area contributed by atoms with Crippen molar-refractivity contribution in [3.63, 3.8) is 0 Å². The third-order valence-electron chi connectivity index (χ3n) is 2.46. The van der Waals surface area contributed by atoms with Crippen LogP contribution in [0.25, 0.3) is 0 Å². The average Bonchev–Trinajstić information content (AvgIpc) is 2.32. The van der Waals surface area contributed by atoms with E-state index in [2.05, 4.69) is 33.4 Å². The summed E-state index contributed by atoms with van der Waals surface area (Å²) in [6, 6.07) is 14.7. The van der Waals surface area contributed by atoms with Crippen LogP contribution in [0.15, 0.2) is 53.0 Å². The summed E-state index contributed by atoms with van der Waals surface area (Å²) in [5.41, 5.74) is 2.31. The Morgan fingerprint density at radius 1 is 0.944 bits per heavy atom. The Labute approximate surface area is 121 Å². The Hall–Kier alpha value is -0.900. The second-order valence-corrected chi connectivity index (χ2v) is 4.78. The first-order chi connectivity index (χ1) is 8.24. The molecule has 0 saturated heterocycles. The predicted octanol–water partition coefficient (Wildman–Crippen LogP) is 4.30. The normalized spacial score (nSPS) is 9.89. The molecule has 0 aromatic heterocycles. The van der Waals surface area contributed by atoms with Gasteiger partial charge in [0.05, 0.1) is 0 Å². The van der Waals surface area contributed by atoms with Crippen LogP contribution in [0.2, 0.25) is 0 Å². The van der Waals surface area contributed by atoms with Gasteiger partial charge in [-0.2, -0.15) is 0 Å². The van der Waals surface area contributed by atoms with Gasteiger partial charge in [0.2, 0.25) is 0 Å². The zero-order valence-electron chi connectivity index (χ0n) is 9.70. The van der Waals surface area contributed by atoms with Gasteiger partial charge < -0.3 is 5.32 Å². The van der Waals surface area contributed by atoms with Gasteiger partial charge in [0.1, 0.15) is 5.82 Å². The molecule has 18 heavy (non-hydrogen) atoms. The topological polar surface area (TPSA) is 12.0 Å². The van der Waals surface area contributed by atoms with Gasteiger partial charge in [-0.05, 0) is 35.4 Å². The third-order valence-corrected chi connectivity index (χ3v) is 2.95. The van der Waals surface area contributed by atoms with E-state index in [1.54, 1.807) is 12.1 Å². The maximum atomic E-state index is 12.7. The minimum absolute atomic E-state index is 0. The van der Waals surface area contributed by atoms with Crippen LogP contribution in [0.5, 0.6) is 0 Å². The summed E-state index contributed by atoms with van der Waals surface area (Å²) in [7, 11) is 0. The molecule has 0 unspecified atom stereocenters. The lowest BCUT2D eigenvalue weighted by molar-refractivity contribution is 0.625. The van der Waals surface area contributed by atoms with Crippen LogP contribution in [0, 0.1) is 5.82 Å². The van der Waals surface area contributed by atoms with E-state index in [-0.39, 0.29) is 18.2 Å². The first-order valence-electron chi connectivity index (χ1n) is 5.43. The molecule has 0 aliphatic heterocycles. The van der Waals surface area contributed by atoms with Crippen molar-refractivity contribution in [3.05, 3.63) is 69.9 Å². The van der Waals surface area contributed by atoms with Gasteiger partial charge in [-0.25, -0.2) is 4.39 Å². The molecule has 0 amide bonds. The quantitative estimate of drug-likeness (QED) is 0.881. The number of benzene rings is 2. The highest BCUT2D eigenvalue weighted by Gasteiger charge is 1.96. The highest BCUT2D eigenvalue weighted by atomic mass is 79.9. The Balaban J connectivity index is 0.00000162. The predicted molar refractivity (Wildman–Crippen MR) is 78.3 cm³/mol. The van der Waals surface area contributed by atoms with Crippen molar-refractivity contribution in [1.82, 2.24) is 5.32 Å². The number of halogens is 3. The molecule has 4 heteroatoms. The largest absolute Gasteiger partial charge is 0.309 e. The highest BCUT2D eigenvalue weighted by molar-refractivity contribution is 9.10. The van der Waals surface area contributed by atoms with Crippen LogP contribution in [-0.4, -0.2) is 0 Å². The first kappa shape index (κ1) is 15.2. The molecule has 0 radical (unpaired) electrons. The van der Waals surface area contributed by atoms with Gasteiger partial charge in [-0.3, -0.25) is 0 Å². The minimum Gasteiger partial charge on any atom is -0.309 e. The SMILES string of the molecule is Cl.Fc1ccc(CNCc2cccc(Br)c2)cc1. The molecular weight excluding hydrogens is 317 g/mol. The molecular formula is C14H14BrClFN. The van der Waals surface area contributed by atoms with Crippen molar-refractivity contribution in [2.24, 2.45) is 0 Å². The molecule has 0 spiro atoms. The summed E-state index contributed by atoms with van der Waals surface area (Å²) in [4.78, 5) is 0. The zero-order valence-corrected chi connectivity index (χ0v) is 12.1. The second kappa shape index (κ2) is 7.52. The third kappa shape index (κ3) is 4.77. The number of rotatable bonds is 4. The van der Waals surface area contributed by atoms with Gasteiger partial charge in [-0.15, -0.1) is 12.4 Å². The fourth-order valence-corrected chi connectivity index (χ4v) is 2.05. The standard InChI is InChI=1S/C14H13BrFN.ClH/c15-13-3-1-2-12(8-13)10-17-9-11-4-6-14(16)7-5-11;/h1-8,17H,9-10H2;1H. The summed E-state index contributed by atoms with van der Waals surface area (Å²) in [6.45, 7) is 1.55. The summed E-state index contributed by atoms with van der Waals surface area (Å²) in [5.74, 6) is -0.194. The van der Waals surface area contributed by atoms with Gasteiger partial charge in [0.15, 0.2) is 0 Å². The van der Waals surface area contributed by atoms with Crippen LogP contribution in [0.4, 0.5) is 4.39 Å². The Morgan fingerprint density at radius 2 is 1.61 bits per heavy atom. The van der Waals surface area contributed by atoms with Crippen molar-refractivity contribution >= 4 is 28.3 Å². The fraction of sp³-hybridized carbons (Fsp3) is 0.143. The molecule has 0 heterocycles. The van der Waals surface area contributed by atoms with Crippen LogP contribution in [0.1, 0.15) is 11.1 Å². The van der Waals surface area contributed by atoms with E-state index >= 15 is 0 Å². The van der Waals surface area contributed by atoms with Crippen molar-refractivity contribution in [3.8, 4) is 0 Å². The summed E-state index contributed by atoms with van der Waals surface area (Å²) >= 11 is 3.44. The molecule has 1 N–H and O–H groups in total. The minimum atomic E-state index is -0.194. The van der Waals surface area contributed by atoms with Crippen molar-refractivity contribution < 1.29 is 4.39 Å². The Kier molecular flexibility index (Phi) is 6.33. The summed E-state index contributed by atoms with van der Waals surface area (Å²) < 4.78 is 13.8. The first-order valence-corrected chi connectivity index (χ1v) is 6.23. The van der Waals surface area contributed by atoms with E-state index < -0.39 is 0 Å². The molecule has 96 valence electrons. The lowest BCUT2D eigenvalue weighted by Crippen LogP contribution is -2.12. The monoisotopic (exact) mass is 329 g/mol. The maximum Gasteiger partial charge on any atom is 0.123 e. The Bertz CT molecular complexity index is 487. The number of nitrogens with one attached hydrogen (secondary N) is 1. The lowest BCUT2D eigenvalue weighted by atomic mass is 10.2. The molecule has 2 aromatic rings. The molecule has 2 rings (SSSR count). The van der Waals surface area contributed by atoms with E-state index in [1.165, 1.54) is 17.7 Å². The van der Waals surface area contributed by atoms with Gasteiger partial charge in [0, 0.05) is 17.6 Å². The molecule has 0 aliphatic carbocycles. The smallest absolute Gasteiger partial charge is 0.123 e. The van der Waals surface area contributed by atoms with E-state index in [4.69, 9.17) is 0 Å². The molecule has 0 saturated carbocycles. The van der Waals surface area contributed by atoms with Crippen LogP contribution >= 0.6 is 28.3 Å². The summed E-state index contributed by atoms with van der Waals surface area (Å²) in [6.07, 6.45) is 0. The fourth-order valence-electron chi connectivity index (χ4n) is 1.60. The van der Waals surface area contributed by atoms with Crippen LogP contribution in [-0.2, 0) is 13.1 Å². The van der Waals surface area contributed by atoms with Crippen LogP contribution in [0.3, 0.4) is 0 Å². The van der Waals surface area contributed by atoms with Gasteiger partial charge >= 0.3 is 0 Å². The average molecular weight is 331 g/mol. The molecule has 0 fully saturated rings. The number of hydrogen-bond donors (Lipinski definition) is 1. The van der Waals surface area contributed by atoms with E-state index in [9.17, 15) is 4.39 Å². The van der Waals surface area contributed by atoms with E-state index in [0.29, 0.717) is 0 Å². The molecule has 0 aliphatic rings. The highest BCUT2D eigenvalue weighted by Crippen LogP contribution is 2.11. The van der Waals surface area contributed by atoms with Crippen molar-refractivity contribution in [1.29, 1.82) is 0 Å². The molecule has 0 bridgehead atoms. The maximum absolute atomic E-state index is 12.7. The van der Waals surface area contributed by atoms with E-state index in [1.807, 2.05) is 12.1 Å². The second-order valence-electron chi connectivity index (χ2n) is 3.86. The molecule has 2 aromatic carbocycles. The van der Waals surface area contributed by atoms with Crippen LogP contribution < -0.4 is 5.32 Å². The van der Waals surface area contributed by atoms with Gasteiger partial charge in [0.25, 0.3) is 0 Å². The lowest BCUT2D eigenvalue weighted by Gasteiger charge is -2.05. The van der Waals surface area contributed by atoms with Crippen molar-refractivity contribution in [2.45, 2.75) is 13.1 Å². The van der Waals surface area contributed by atoms with Crippen molar-refractivity contribution in [2.75, 3.05) is 0 Å². The Morgan fingerprint density at radius 3 is 2.28 bits per heavy atom. The zero-order chi connectivity index (χ0) is 12.1. The number of hydrogen-bond acceptors (Lipinski definition) is 1. The van der Waals surface area contributed by atoms with Gasteiger partial charge in [-0.1, -0.05) is 40.2 Å². The summed E-state index contributed by atoms with van der Waals surface area (Å²) in [5, 5.41) is 3.32. The molecule has 1 nitrogen and oxygen atoms in total.